The van der Waals surface area contributed by atoms with Crippen molar-refractivity contribution in [2.75, 3.05) is 0 Å². The number of hydrogen-bond donors (Lipinski definition) is 1. The van der Waals surface area contributed by atoms with Gasteiger partial charge in [-0.05, 0) is 19.3 Å². The van der Waals surface area contributed by atoms with Crippen LogP contribution in [0.1, 0.15) is 19.3 Å². The van der Waals surface area contributed by atoms with Crippen LogP contribution in [0.2, 0.25) is 0 Å². The van der Waals surface area contributed by atoms with Gasteiger partial charge in [-0.25, -0.2) is 0 Å². The summed E-state index contributed by atoms with van der Waals surface area (Å²) < 4.78 is 41.6. The molecule has 1 saturated heterocycles. The first-order chi connectivity index (χ1) is 5.45. The third-order valence-corrected chi connectivity index (χ3v) is 2.59. The first-order valence-electron chi connectivity index (χ1n) is 3.90. The van der Waals surface area contributed by atoms with Crippen LogP contribution < -0.4 is 0 Å². The summed E-state index contributed by atoms with van der Waals surface area (Å²) in [5.41, 5.74) is -2.57. The fourth-order valence-corrected chi connectivity index (χ4v) is 1.80. The van der Waals surface area contributed by atoms with E-state index in [0.717, 1.165) is 0 Å². The second kappa shape index (κ2) is 2.14. The van der Waals surface area contributed by atoms with Crippen LogP contribution in [-0.4, -0.2) is 29.1 Å². The molecule has 2 nitrogen and oxygen atoms in total. The number of fused-ring (bicyclic) bond motifs is 1. The monoisotopic (exact) mass is 182 g/mol. The average molecular weight is 182 g/mol. The summed E-state index contributed by atoms with van der Waals surface area (Å²) in [6.45, 7) is 0. The first kappa shape index (κ1) is 8.31. The molecular weight excluding hydrogens is 173 g/mol. The predicted octanol–water partition coefficient (Wildman–Crippen LogP) is 1.23. The summed E-state index contributed by atoms with van der Waals surface area (Å²) in [6, 6.07) is 0. The van der Waals surface area contributed by atoms with Gasteiger partial charge in [0.15, 0.2) is 5.60 Å². The number of halogens is 3. The van der Waals surface area contributed by atoms with Crippen LogP contribution in [0.25, 0.3) is 0 Å². The van der Waals surface area contributed by atoms with Gasteiger partial charge < -0.3 is 9.84 Å². The standard InChI is InChI=1S/C7H9F3O2/c8-7(9,10)6(11)3-1-2-4-5(6)12-4/h4-5,11H,1-3H2/t4-,5-,6+/m0/s1. The first-order valence-corrected chi connectivity index (χ1v) is 3.90. The summed E-state index contributed by atoms with van der Waals surface area (Å²) in [7, 11) is 0. The van der Waals surface area contributed by atoms with E-state index in [1.807, 2.05) is 0 Å². The lowest BCUT2D eigenvalue weighted by atomic mass is 9.84. The summed E-state index contributed by atoms with van der Waals surface area (Å²) in [6.07, 6.45) is -5.10. The average Bonchev–Trinajstić information content (AvgIpc) is 2.64. The van der Waals surface area contributed by atoms with Crippen molar-refractivity contribution in [3.05, 3.63) is 0 Å². The van der Waals surface area contributed by atoms with Crippen molar-refractivity contribution in [1.82, 2.24) is 0 Å². The zero-order chi connectivity index (χ0) is 8.98. The molecule has 0 aromatic rings. The normalized spacial score (nSPS) is 47.0. The second-order valence-electron chi connectivity index (χ2n) is 3.41. The molecule has 3 atom stereocenters. The minimum atomic E-state index is -4.55. The molecule has 1 aliphatic heterocycles. The molecule has 1 saturated carbocycles. The zero-order valence-electron chi connectivity index (χ0n) is 6.27. The Balaban J connectivity index is 2.19. The Morgan fingerprint density at radius 1 is 1.42 bits per heavy atom. The van der Waals surface area contributed by atoms with E-state index in [4.69, 9.17) is 4.74 Å². The minimum Gasteiger partial charge on any atom is -0.378 e. The van der Waals surface area contributed by atoms with Gasteiger partial charge in [0.25, 0.3) is 0 Å². The largest absolute Gasteiger partial charge is 0.419 e. The van der Waals surface area contributed by atoms with Crippen LogP contribution in [0, 0.1) is 0 Å². The number of rotatable bonds is 0. The molecule has 5 heteroatoms. The van der Waals surface area contributed by atoms with Crippen LogP contribution >= 0.6 is 0 Å². The quantitative estimate of drug-likeness (QED) is 0.571. The smallest absolute Gasteiger partial charge is 0.378 e. The van der Waals surface area contributed by atoms with E-state index in [0.29, 0.717) is 12.8 Å². The predicted molar refractivity (Wildman–Crippen MR) is 33.5 cm³/mol. The molecule has 2 rings (SSSR count). The molecule has 0 aromatic carbocycles. The number of hydrogen-bond acceptors (Lipinski definition) is 2. The summed E-state index contributed by atoms with van der Waals surface area (Å²) in [5, 5.41) is 9.27. The molecule has 1 heterocycles. The third-order valence-electron chi connectivity index (χ3n) is 2.59. The van der Waals surface area contributed by atoms with Crippen molar-refractivity contribution >= 4 is 0 Å². The van der Waals surface area contributed by atoms with Gasteiger partial charge in [0.05, 0.1) is 6.10 Å². The maximum Gasteiger partial charge on any atom is 0.419 e. The van der Waals surface area contributed by atoms with Crippen molar-refractivity contribution in [3.8, 4) is 0 Å². The fourth-order valence-electron chi connectivity index (χ4n) is 1.80. The Morgan fingerprint density at radius 2 is 2.08 bits per heavy atom. The van der Waals surface area contributed by atoms with Gasteiger partial charge >= 0.3 is 6.18 Å². The van der Waals surface area contributed by atoms with Gasteiger partial charge in [0.1, 0.15) is 6.10 Å². The topological polar surface area (TPSA) is 32.8 Å². The lowest BCUT2D eigenvalue weighted by molar-refractivity contribution is -0.270. The molecule has 1 aliphatic carbocycles. The van der Waals surface area contributed by atoms with Gasteiger partial charge in [-0.1, -0.05) is 0 Å². The Bertz CT molecular complexity index is 203. The zero-order valence-corrected chi connectivity index (χ0v) is 6.27. The lowest BCUT2D eigenvalue weighted by Crippen LogP contribution is -2.52. The van der Waals surface area contributed by atoms with Crippen molar-refractivity contribution in [3.63, 3.8) is 0 Å². The van der Waals surface area contributed by atoms with Crippen molar-refractivity contribution < 1.29 is 23.0 Å². The molecule has 0 amide bonds. The Morgan fingerprint density at radius 3 is 2.58 bits per heavy atom. The molecule has 0 aromatic heterocycles. The molecule has 1 N–H and O–H groups in total. The maximum absolute atomic E-state index is 12.3. The summed E-state index contributed by atoms with van der Waals surface area (Å²) in [5.74, 6) is 0. The van der Waals surface area contributed by atoms with E-state index < -0.39 is 17.9 Å². The summed E-state index contributed by atoms with van der Waals surface area (Å²) in [4.78, 5) is 0. The van der Waals surface area contributed by atoms with Gasteiger partial charge in [-0.15, -0.1) is 0 Å². The van der Waals surface area contributed by atoms with Crippen LogP contribution in [0.3, 0.4) is 0 Å². The highest BCUT2D eigenvalue weighted by atomic mass is 19.4. The van der Waals surface area contributed by atoms with Crippen molar-refractivity contribution in [1.29, 1.82) is 0 Å². The molecule has 0 radical (unpaired) electrons. The van der Waals surface area contributed by atoms with E-state index >= 15 is 0 Å². The maximum atomic E-state index is 12.3. The van der Waals surface area contributed by atoms with E-state index in [-0.39, 0.29) is 12.5 Å². The highest BCUT2D eigenvalue weighted by Crippen LogP contribution is 2.50. The number of alkyl halides is 3. The summed E-state index contributed by atoms with van der Waals surface area (Å²) >= 11 is 0. The molecule has 12 heavy (non-hydrogen) atoms. The molecule has 70 valence electrons. The van der Waals surface area contributed by atoms with Gasteiger partial charge in [0, 0.05) is 0 Å². The van der Waals surface area contributed by atoms with Crippen molar-refractivity contribution in [2.24, 2.45) is 0 Å². The fraction of sp³-hybridized carbons (Fsp3) is 1.00. The Labute approximate surface area is 67.3 Å². The molecule has 0 spiro atoms. The second-order valence-corrected chi connectivity index (χ2v) is 3.41. The van der Waals surface area contributed by atoms with E-state index in [1.165, 1.54) is 0 Å². The highest BCUT2D eigenvalue weighted by molar-refractivity contribution is 5.08. The van der Waals surface area contributed by atoms with Gasteiger partial charge in [-0.3, -0.25) is 0 Å². The van der Waals surface area contributed by atoms with Crippen molar-refractivity contribution in [2.45, 2.75) is 43.2 Å². The number of ether oxygens (including phenoxy) is 1. The van der Waals surface area contributed by atoms with Gasteiger partial charge in [0.2, 0.25) is 0 Å². The minimum absolute atomic E-state index is 0.225. The molecule has 0 unspecified atom stereocenters. The van der Waals surface area contributed by atoms with E-state index in [9.17, 15) is 18.3 Å². The Kier molecular flexibility index (Phi) is 1.48. The van der Waals surface area contributed by atoms with E-state index in [2.05, 4.69) is 0 Å². The SMILES string of the molecule is O[C@]1(C(F)(F)F)CCC[C@@H]2O[C@@H]21. The Hall–Kier alpha value is -0.290. The molecule has 2 fully saturated rings. The third kappa shape index (κ3) is 0.959. The lowest BCUT2D eigenvalue weighted by Gasteiger charge is -2.31. The molecule has 2 aliphatic rings. The van der Waals surface area contributed by atoms with Crippen LogP contribution in [0.4, 0.5) is 13.2 Å². The molecular formula is C7H9F3O2. The van der Waals surface area contributed by atoms with E-state index in [1.54, 1.807) is 0 Å². The molecule has 0 bridgehead atoms. The van der Waals surface area contributed by atoms with Gasteiger partial charge in [-0.2, -0.15) is 13.2 Å². The van der Waals surface area contributed by atoms with Crippen LogP contribution in [0.5, 0.6) is 0 Å². The number of aliphatic hydroxyl groups is 1. The van der Waals surface area contributed by atoms with Crippen LogP contribution in [0.15, 0.2) is 0 Å². The van der Waals surface area contributed by atoms with Crippen LogP contribution in [-0.2, 0) is 4.74 Å². The highest BCUT2D eigenvalue weighted by Gasteiger charge is 2.68. The number of epoxide rings is 1.